The van der Waals surface area contributed by atoms with Crippen LogP contribution in [-0.2, 0) is 0 Å². The molecule has 0 bridgehead atoms. The van der Waals surface area contributed by atoms with Crippen LogP contribution in [0.4, 0.5) is 0 Å². The van der Waals surface area contributed by atoms with E-state index in [9.17, 15) is 0 Å². The van der Waals surface area contributed by atoms with E-state index in [1.54, 1.807) is 0 Å². The first-order valence-electron chi connectivity index (χ1n) is 5.84. The minimum Gasteiger partial charge on any atom is -0.493 e. The number of aryl methyl sites for hydroxylation is 1. The van der Waals surface area contributed by atoms with Gasteiger partial charge in [-0.25, -0.2) is 0 Å². The average molecular weight is 310 g/mol. The third kappa shape index (κ3) is 3.37. The van der Waals surface area contributed by atoms with Crippen LogP contribution < -0.4 is 10.5 Å². The van der Waals surface area contributed by atoms with Crippen LogP contribution in [-0.4, -0.2) is 13.2 Å². The Bertz CT molecular complexity index is 493. The highest BCUT2D eigenvalue weighted by Gasteiger charge is 2.14. The van der Waals surface area contributed by atoms with Crippen molar-refractivity contribution >= 4 is 15.9 Å². The smallest absolute Gasteiger partial charge is 0.169 e. The molecule has 0 aliphatic rings. The molecular formula is C14H16BrNO2. The van der Waals surface area contributed by atoms with Gasteiger partial charge in [-0.3, -0.25) is 0 Å². The lowest BCUT2D eigenvalue weighted by Crippen LogP contribution is -2.19. The van der Waals surface area contributed by atoms with Gasteiger partial charge in [-0.15, -0.1) is 0 Å². The van der Waals surface area contributed by atoms with E-state index < -0.39 is 0 Å². The molecule has 18 heavy (non-hydrogen) atoms. The molecule has 1 heterocycles. The number of ether oxygens (including phenoxy) is 1. The van der Waals surface area contributed by atoms with Gasteiger partial charge < -0.3 is 14.9 Å². The summed E-state index contributed by atoms with van der Waals surface area (Å²) in [6, 6.07) is 11.7. The minimum atomic E-state index is 0.0672. The highest BCUT2D eigenvalue weighted by molar-refractivity contribution is 9.10. The van der Waals surface area contributed by atoms with Gasteiger partial charge in [-0.2, -0.15) is 0 Å². The van der Waals surface area contributed by atoms with Gasteiger partial charge in [0.2, 0.25) is 0 Å². The zero-order chi connectivity index (χ0) is 13.0. The third-order valence-electron chi connectivity index (χ3n) is 2.75. The van der Waals surface area contributed by atoms with E-state index in [-0.39, 0.29) is 5.92 Å². The second-order valence-corrected chi connectivity index (χ2v) is 4.98. The number of halogens is 1. The molecular weight excluding hydrogens is 294 g/mol. The number of hydrogen-bond donors (Lipinski definition) is 1. The first-order valence-corrected chi connectivity index (χ1v) is 6.63. The molecule has 0 fully saturated rings. The van der Waals surface area contributed by atoms with Crippen molar-refractivity contribution in [1.29, 1.82) is 0 Å². The summed E-state index contributed by atoms with van der Waals surface area (Å²) in [6.07, 6.45) is 0. The van der Waals surface area contributed by atoms with Gasteiger partial charge in [0, 0.05) is 6.54 Å². The van der Waals surface area contributed by atoms with Crippen LogP contribution in [0.15, 0.2) is 45.5 Å². The Hall–Kier alpha value is -1.26. The third-order valence-corrected chi connectivity index (χ3v) is 3.18. The van der Waals surface area contributed by atoms with Crippen molar-refractivity contribution in [2.45, 2.75) is 12.8 Å². The van der Waals surface area contributed by atoms with E-state index in [0.29, 0.717) is 17.8 Å². The zero-order valence-corrected chi connectivity index (χ0v) is 11.8. The lowest BCUT2D eigenvalue weighted by atomic mass is 10.1. The summed E-state index contributed by atoms with van der Waals surface area (Å²) in [5.41, 5.74) is 6.96. The molecule has 0 amide bonds. The van der Waals surface area contributed by atoms with Gasteiger partial charge in [-0.1, -0.05) is 17.7 Å². The van der Waals surface area contributed by atoms with Crippen molar-refractivity contribution in [1.82, 2.24) is 0 Å². The standard InChI is InChI=1S/C14H16BrNO2/c1-10-2-4-12(5-3-10)17-9-11(8-16)13-6-7-14(15)18-13/h2-7,11H,8-9,16H2,1H3. The van der Waals surface area contributed by atoms with Crippen molar-refractivity contribution in [3.8, 4) is 5.75 Å². The van der Waals surface area contributed by atoms with Crippen molar-refractivity contribution in [3.63, 3.8) is 0 Å². The fraction of sp³-hybridized carbons (Fsp3) is 0.286. The molecule has 2 rings (SSSR count). The van der Waals surface area contributed by atoms with Gasteiger partial charge in [0.15, 0.2) is 4.67 Å². The summed E-state index contributed by atoms with van der Waals surface area (Å²) in [7, 11) is 0. The Morgan fingerprint density at radius 2 is 1.94 bits per heavy atom. The monoisotopic (exact) mass is 309 g/mol. The maximum Gasteiger partial charge on any atom is 0.169 e. The largest absolute Gasteiger partial charge is 0.493 e. The summed E-state index contributed by atoms with van der Waals surface area (Å²) in [5, 5.41) is 0. The van der Waals surface area contributed by atoms with E-state index >= 15 is 0 Å². The van der Waals surface area contributed by atoms with Gasteiger partial charge in [-0.05, 0) is 47.1 Å². The number of furan rings is 1. The molecule has 0 saturated heterocycles. The summed E-state index contributed by atoms with van der Waals surface area (Å²) in [5.74, 6) is 1.76. The first-order chi connectivity index (χ1) is 8.69. The second-order valence-electron chi connectivity index (χ2n) is 4.20. The Labute approximate surface area is 115 Å². The quantitative estimate of drug-likeness (QED) is 0.920. The van der Waals surface area contributed by atoms with Crippen molar-refractivity contribution < 1.29 is 9.15 Å². The van der Waals surface area contributed by atoms with E-state index in [1.807, 2.05) is 43.3 Å². The summed E-state index contributed by atoms with van der Waals surface area (Å²) in [6.45, 7) is 3.05. The average Bonchev–Trinajstić information content (AvgIpc) is 2.79. The lowest BCUT2D eigenvalue weighted by molar-refractivity contribution is 0.271. The molecule has 1 aromatic heterocycles. The van der Waals surface area contributed by atoms with E-state index in [0.717, 1.165) is 11.5 Å². The fourth-order valence-electron chi connectivity index (χ4n) is 1.65. The van der Waals surface area contributed by atoms with Crippen LogP contribution in [0.25, 0.3) is 0 Å². The summed E-state index contributed by atoms with van der Waals surface area (Å²) >= 11 is 3.29. The van der Waals surface area contributed by atoms with Crippen molar-refractivity contribution in [3.05, 3.63) is 52.4 Å². The SMILES string of the molecule is Cc1ccc(OCC(CN)c2ccc(Br)o2)cc1. The molecule has 96 valence electrons. The number of nitrogens with two attached hydrogens (primary N) is 1. The Morgan fingerprint density at radius 1 is 1.22 bits per heavy atom. The Morgan fingerprint density at radius 3 is 2.50 bits per heavy atom. The zero-order valence-electron chi connectivity index (χ0n) is 10.2. The number of benzene rings is 1. The molecule has 0 aliphatic carbocycles. The Kier molecular flexibility index (Phi) is 4.44. The highest BCUT2D eigenvalue weighted by atomic mass is 79.9. The maximum atomic E-state index is 5.75. The summed E-state index contributed by atoms with van der Waals surface area (Å²) in [4.78, 5) is 0. The van der Waals surface area contributed by atoms with Gasteiger partial charge in [0.1, 0.15) is 11.5 Å². The van der Waals surface area contributed by atoms with Crippen LogP contribution >= 0.6 is 15.9 Å². The fourth-order valence-corrected chi connectivity index (χ4v) is 1.96. The molecule has 1 atom stereocenters. The van der Waals surface area contributed by atoms with Gasteiger partial charge >= 0.3 is 0 Å². The lowest BCUT2D eigenvalue weighted by Gasteiger charge is -2.13. The molecule has 1 unspecified atom stereocenters. The van der Waals surface area contributed by atoms with E-state index in [1.165, 1.54) is 5.56 Å². The van der Waals surface area contributed by atoms with Gasteiger partial charge in [0.05, 0.1) is 12.5 Å². The van der Waals surface area contributed by atoms with Crippen molar-refractivity contribution in [2.75, 3.05) is 13.2 Å². The highest BCUT2D eigenvalue weighted by Crippen LogP contribution is 2.22. The molecule has 0 saturated carbocycles. The molecule has 0 radical (unpaired) electrons. The molecule has 1 aromatic carbocycles. The molecule has 4 heteroatoms. The second kappa shape index (κ2) is 6.07. The number of rotatable bonds is 5. The Balaban J connectivity index is 1.97. The van der Waals surface area contributed by atoms with Crippen LogP contribution in [0, 0.1) is 6.92 Å². The van der Waals surface area contributed by atoms with E-state index in [4.69, 9.17) is 14.9 Å². The van der Waals surface area contributed by atoms with Crippen LogP contribution in [0.2, 0.25) is 0 Å². The molecule has 2 aromatic rings. The normalized spacial score (nSPS) is 12.4. The first kappa shape index (κ1) is 13.2. The van der Waals surface area contributed by atoms with Crippen LogP contribution in [0.5, 0.6) is 5.75 Å². The van der Waals surface area contributed by atoms with Gasteiger partial charge in [0.25, 0.3) is 0 Å². The number of hydrogen-bond acceptors (Lipinski definition) is 3. The predicted octanol–water partition coefficient (Wildman–Crippen LogP) is 3.47. The molecule has 0 aliphatic heterocycles. The minimum absolute atomic E-state index is 0.0672. The van der Waals surface area contributed by atoms with Crippen LogP contribution in [0.1, 0.15) is 17.2 Å². The summed E-state index contributed by atoms with van der Waals surface area (Å²) < 4.78 is 11.9. The topological polar surface area (TPSA) is 48.4 Å². The molecule has 3 nitrogen and oxygen atoms in total. The van der Waals surface area contributed by atoms with Crippen LogP contribution in [0.3, 0.4) is 0 Å². The molecule has 2 N–H and O–H groups in total. The predicted molar refractivity (Wildman–Crippen MR) is 74.9 cm³/mol. The maximum absolute atomic E-state index is 5.75. The van der Waals surface area contributed by atoms with E-state index in [2.05, 4.69) is 15.9 Å². The molecule has 0 spiro atoms. The van der Waals surface area contributed by atoms with Crippen molar-refractivity contribution in [2.24, 2.45) is 5.73 Å².